The second kappa shape index (κ2) is 6.59. The number of aliphatic hydroxyl groups is 3. The van der Waals surface area contributed by atoms with Crippen molar-refractivity contribution in [3.8, 4) is 0 Å². The average molecular weight is 322 g/mol. The molecule has 0 aromatic carbocycles. The number of hydrogen-bond acceptors (Lipinski definition) is 4. The van der Waals surface area contributed by atoms with Crippen molar-refractivity contribution >= 4 is 5.97 Å². The molecule has 0 heterocycles. The van der Waals surface area contributed by atoms with Crippen LogP contribution in [-0.4, -0.2) is 44.2 Å². The molecular formula is C18H26O5. The minimum absolute atomic E-state index is 0.0445. The summed E-state index contributed by atoms with van der Waals surface area (Å²) in [6.45, 7) is 5.61. The van der Waals surface area contributed by atoms with Crippen LogP contribution in [-0.2, 0) is 4.79 Å². The van der Waals surface area contributed by atoms with Crippen molar-refractivity contribution in [1.29, 1.82) is 0 Å². The quantitative estimate of drug-likeness (QED) is 0.468. The molecule has 0 spiro atoms. The van der Waals surface area contributed by atoms with Crippen LogP contribution in [0.25, 0.3) is 0 Å². The van der Waals surface area contributed by atoms with Gasteiger partial charge in [-0.15, -0.1) is 0 Å². The maximum absolute atomic E-state index is 10.5. The van der Waals surface area contributed by atoms with Crippen LogP contribution in [0.1, 0.15) is 33.6 Å². The molecule has 128 valence electrons. The van der Waals surface area contributed by atoms with Crippen LogP contribution >= 0.6 is 0 Å². The average Bonchev–Trinajstić information content (AvgIpc) is 2.43. The van der Waals surface area contributed by atoms with Crippen LogP contribution in [0.2, 0.25) is 0 Å². The van der Waals surface area contributed by atoms with Crippen molar-refractivity contribution in [2.45, 2.75) is 51.4 Å². The monoisotopic (exact) mass is 322 g/mol. The van der Waals surface area contributed by atoms with Crippen LogP contribution in [0.5, 0.6) is 0 Å². The zero-order valence-electron chi connectivity index (χ0n) is 13.8. The maximum atomic E-state index is 10.5. The second-order valence-corrected chi connectivity index (χ2v) is 7.20. The van der Waals surface area contributed by atoms with Gasteiger partial charge in [0.1, 0.15) is 6.10 Å². The predicted molar refractivity (Wildman–Crippen MR) is 86.6 cm³/mol. The molecule has 0 bridgehead atoms. The summed E-state index contributed by atoms with van der Waals surface area (Å²) in [6.07, 6.45) is 5.18. The van der Waals surface area contributed by atoms with Gasteiger partial charge in [-0.1, -0.05) is 25.2 Å². The standard InChI is InChI=1S/C18H26O5/c1-10-8-18(3,23)9-13-15(10)12(6-4-5-7-14(19)20)11(2)16(21)17(13)22/h4-7,10,13,15-17,21-23H,8-9H2,1-3H3,(H,19,20)/b6-4+,7-5+/t10-,13+,15-,16+,17-,18-/m1/s1. The Hall–Kier alpha value is -1.43. The number of aliphatic hydroxyl groups excluding tert-OH is 2. The molecule has 2 aliphatic carbocycles. The van der Waals surface area contributed by atoms with Gasteiger partial charge in [0.15, 0.2) is 0 Å². The molecule has 4 N–H and O–H groups in total. The summed E-state index contributed by atoms with van der Waals surface area (Å²) in [6, 6.07) is 0. The summed E-state index contributed by atoms with van der Waals surface area (Å²) >= 11 is 0. The van der Waals surface area contributed by atoms with Crippen LogP contribution in [0.4, 0.5) is 0 Å². The van der Waals surface area contributed by atoms with E-state index in [4.69, 9.17) is 5.11 Å². The number of aliphatic carboxylic acids is 1. The van der Waals surface area contributed by atoms with Gasteiger partial charge in [-0.3, -0.25) is 0 Å². The lowest BCUT2D eigenvalue weighted by Gasteiger charge is -2.50. The Bertz CT molecular complexity index is 558. The lowest BCUT2D eigenvalue weighted by atomic mass is 9.58. The van der Waals surface area contributed by atoms with Crippen molar-refractivity contribution in [3.05, 3.63) is 35.5 Å². The molecule has 0 unspecified atom stereocenters. The molecule has 2 aliphatic rings. The minimum atomic E-state index is -1.01. The third-order valence-electron chi connectivity index (χ3n) is 5.16. The van der Waals surface area contributed by atoms with E-state index in [1.807, 2.05) is 13.0 Å². The number of hydrogen-bond donors (Lipinski definition) is 4. The molecule has 0 aromatic heterocycles. The maximum Gasteiger partial charge on any atom is 0.328 e. The third-order valence-corrected chi connectivity index (χ3v) is 5.16. The van der Waals surface area contributed by atoms with Crippen molar-refractivity contribution in [3.63, 3.8) is 0 Å². The van der Waals surface area contributed by atoms with Crippen LogP contribution in [0, 0.1) is 17.8 Å². The first-order valence-electron chi connectivity index (χ1n) is 8.01. The molecule has 1 fully saturated rings. The molecule has 0 saturated heterocycles. The van der Waals surface area contributed by atoms with Crippen LogP contribution < -0.4 is 0 Å². The zero-order valence-corrected chi connectivity index (χ0v) is 13.8. The number of allylic oxidation sites excluding steroid dienone is 4. The summed E-state index contributed by atoms with van der Waals surface area (Å²) in [7, 11) is 0. The Morgan fingerprint density at radius 2 is 1.91 bits per heavy atom. The summed E-state index contributed by atoms with van der Waals surface area (Å²) < 4.78 is 0. The molecule has 2 rings (SSSR count). The summed E-state index contributed by atoms with van der Waals surface area (Å²) in [5, 5.41) is 39.8. The highest BCUT2D eigenvalue weighted by molar-refractivity contribution is 5.80. The van der Waals surface area contributed by atoms with E-state index in [1.54, 1.807) is 19.9 Å². The lowest BCUT2D eigenvalue weighted by molar-refractivity contribution is -0.131. The number of carboxylic acids is 1. The number of fused-ring (bicyclic) bond motifs is 1. The Balaban J connectivity index is 2.36. The first-order chi connectivity index (χ1) is 10.6. The van der Waals surface area contributed by atoms with E-state index in [0.29, 0.717) is 18.4 Å². The van der Waals surface area contributed by atoms with Gasteiger partial charge >= 0.3 is 5.97 Å². The SMILES string of the molecule is CC1=C(/C=C/C=C/C(=O)O)[C@@H]2[C@H](C[C@](C)(O)C[C@H]2C)[C@@H](O)[C@H]1O. The van der Waals surface area contributed by atoms with Gasteiger partial charge in [0.05, 0.1) is 11.7 Å². The molecule has 0 radical (unpaired) electrons. The van der Waals surface area contributed by atoms with Gasteiger partial charge < -0.3 is 20.4 Å². The topological polar surface area (TPSA) is 98.0 Å². The molecule has 23 heavy (non-hydrogen) atoms. The Kier molecular flexibility index (Phi) is 5.14. The Morgan fingerprint density at radius 3 is 2.52 bits per heavy atom. The van der Waals surface area contributed by atoms with Gasteiger partial charge in [0.2, 0.25) is 0 Å². The lowest BCUT2D eigenvalue weighted by Crippen LogP contribution is -2.52. The fraction of sp³-hybridized carbons (Fsp3) is 0.611. The van der Waals surface area contributed by atoms with E-state index in [2.05, 4.69) is 0 Å². The summed E-state index contributed by atoms with van der Waals surface area (Å²) in [5.41, 5.74) is 0.808. The minimum Gasteiger partial charge on any atom is -0.478 e. The normalized spacial score (nSPS) is 41.6. The highest BCUT2D eigenvalue weighted by Gasteiger charge is 2.49. The first kappa shape index (κ1) is 17.9. The van der Waals surface area contributed by atoms with Crippen molar-refractivity contribution in [2.24, 2.45) is 17.8 Å². The van der Waals surface area contributed by atoms with Crippen LogP contribution in [0.15, 0.2) is 35.5 Å². The molecule has 0 aromatic rings. The van der Waals surface area contributed by atoms with E-state index in [1.165, 1.54) is 6.08 Å². The predicted octanol–water partition coefficient (Wildman–Crippen LogP) is 1.65. The fourth-order valence-electron chi connectivity index (χ4n) is 4.29. The van der Waals surface area contributed by atoms with Crippen LogP contribution in [0.3, 0.4) is 0 Å². The molecule has 5 nitrogen and oxygen atoms in total. The molecular weight excluding hydrogens is 296 g/mol. The molecule has 1 saturated carbocycles. The number of carbonyl (C=O) groups is 1. The van der Waals surface area contributed by atoms with E-state index >= 15 is 0 Å². The van der Waals surface area contributed by atoms with Crippen molar-refractivity contribution in [1.82, 2.24) is 0 Å². The van der Waals surface area contributed by atoms with Crippen molar-refractivity contribution in [2.75, 3.05) is 0 Å². The van der Waals surface area contributed by atoms with Gasteiger partial charge in [-0.25, -0.2) is 4.79 Å². The van der Waals surface area contributed by atoms with E-state index in [9.17, 15) is 20.1 Å². The Labute approximate surface area is 136 Å². The van der Waals surface area contributed by atoms with E-state index in [0.717, 1.165) is 11.6 Å². The number of carboxylic acid groups (broad SMARTS) is 1. The summed E-state index contributed by atoms with van der Waals surface area (Å²) in [4.78, 5) is 10.5. The molecule has 6 atom stereocenters. The van der Waals surface area contributed by atoms with E-state index < -0.39 is 23.8 Å². The largest absolute Gasteiger partial charge is 0.478 e. The molecule has 0 aliphatic heterocycles. The zero-order chi connectivity index (χ0) is 17.4. The van der Waals surface area contributed by atoms with Crippen molar-refractivity contribution < 1.29 is 25.2 Å². The fourth-order valence-corrected chi connectivity index (χ4v) is 4.29. The highest BCUT2D eigenvalue weighted by atomic mass is 16.4. The summed E-state index contributed by atoms with van der Waals surface area (Å²) in [5.74, 6) is -1.03. The smallest absolute Gasteiger partial charge is 0.328 e. The highest BCUT2D eigenvalue weighted by Crippen LogP contribution is 2.49. The second-order valence-electron chi connectivity index (χ2n) is 7.20. The van der Waals surface area contributed by atoms with Gasteiger partial charge in [-0.05, 0) is 55.6 Å². The van der Waals surface area contributed by atoms with Gasteiger partial charge in [-0.2, -0.15) is 0 Å². The number of rotatable bonds is 3. The van der Waals surface area contributed by atoms with Gasteiger partial charge in [0, 0.05) is 6.08 Å². The van der Waals surface area contributed by atoms with E-state index in [-0.39, 0.29) is 17.8 Å². The molecule has 0 amide bonds. The van der Waals surface area contributed by atoms with Gasteiger partial charge in [0.25, 0.3) is 0 Å². The Morgan fingerprint density at radius 1 is 1.26 bits per heavy atom. The first-order valence-corrected chi connectivity index (χ1v) is 8.01. The molecule has 5 heteroatoms. The third kappa shape index (κ3) is 3.74.